The van der Waals surface area contributed by atoms with Crippen LogP contribution in [0.1, 0.15) is 32.8 Å². The van der Waals surface area contributed by atoms with E-state index in [1.165, 1.54) is 18.3 Å². The van der Waals surface area contributed by atoms with Crippen molar-refractivity contribution in [3.05, 3.63) is 45.9 Å². The first-order valence-corrected chi connectivity index (χ1v) is 7.05. The van der Waals surface area contributed by atoms with Gasteiger partial charge in [-0.05, 0) is 25.6 Å². The maximum Gasteiger partial charge on any atom is 0.275 e. The molecule has 2 rings (SSSR count). The van der Waals surface area contributed by atoms with Crippen LogP contribution in [0.4, 0.5) is 5.69 Å². The molecule has 104 valence electrons. The Morgan fingerprint density at radius 1 is 1.40 bits per heavy atom. The van der Waals surface area contributed by atoms with Crippen LogP contribution in [0.3, 0.4) is 0 Å². The van der Waals surface area contributed by atoms with E-state index in [-0.39, 0.29) is 11.7 Å². The van der Waals surface area contributed by atoms with Crippen LogP contribution in [-0.4, -0.2) is 23.2 Å². The van der Waals surface area contributed by atoms with Crippen molar-refractivity contribution in [1.29, 1.82) is 0 Å². The number of ketones is 1. The molecule has 0 saturated heterocycles. The van der Waals surface area contributed by atoms with Gasteiger partial charge in [-0.15, -0.1) is 11.3 Å². The van der Waals surface area contributed by atoms with Crippen LogP contribution in [0.2, 0.25) is 0 Å². The van der Waals surface area contributed by atoms with E-state index in [4.69, 9.17) is 5.73 Å². The lowest BCUT2D eigenvalue weighted by Gasteiger charge is -2.04. The number of aromatic nitrogens is 1. The third-order valence-corrected chi connectivity index (χ3v) is 3.58. The molecule has 5 nitrogen and oxygen atoms in total. The molecular weight excluding hydrogens is 274 g/mol. The number of anilines is 1. The molecule has 3 N–H and O–H groups in total. The quantitative estimate of drug-likeness (QED) is 0.825. The first-order chi connectivity index (χ1) is 9.60. The lowest BCUT2D eigenvalue weighted by Crippen LogP contribution is -2.13. The predicted molar refractivity (Wildman–Crippen MR) is 79.3 cm³/mol. The van der Waals surface area contributed by atoms with E-state index in [1.54, 1.807) is 29.6 Å². The van der Waals surface area contributed by atoms with Gasteiger partial charge in [0.25, 0.3) is 5.91 Å². The zero-order valence-electron chi connectivity index (χ0n) is 11.1. The van der Waals surface area contributed by atoms with Gasteiger partial charge in [-0.2, -0.15) is 0 Å². The molecule has 2 aromatic rings. The van der Waals surface area contributed by atoms with Gasteiger partial charge >= 0.3 is 0 Å². The van der Waals surface area contributed by atoms with Crippen LogP contribution in [0.25, 0.3) is 0 Å². The first-order valence-electron chi connectivity index (χ1n) is 6.17. The molecular formula is C14H15N3O2S. The van der Waals surface area contributed by atoms with E-state index < -0.39 is 0 Å². The lowest BCUT2D eigenvalue weighted by atomic mass is 10.1. The Morgan fingerprint density at radius 2 is 2.20 bits per heavy atom. The molecule has 0 aliphatic heterocycles. The molecule has 0 atom stereocenters. The summed E-state index contributed by atoms with van der Waals surface area (Å²) in [6.07, 6.45) is 0.664. The number of amides is 1. The van der Waals surface area contributed by atoms with Gasteiger partial charge in [-0.1, -0.05) is 12.1 Å². The fraction of sp³-hybridized carbons (Fsp3) is 0.214. The summed E-state index contributed by atoms with van der Waals surface area (Å²) < 4.78 is 0. The predicted octanol–water partition coefficient (Wildman–Crippen LogP) is 2.10. The Morgan fingerprint density at radius 3 is 2.90 bits per heavy atom. The molecule has 0 aliphatic carbocycles. The number of nitrogens with one attached hydrogen (secondary N) is 1. The normalized spacial score (nSPS) is 10.3. The van der Waals surface area contributed by atoms with Gasteiger partial charge in [0, 0.05) is 23.1 Å². The maximum atomic E-state index is 12.0. The number of carbonyl (C=O) groups is 2. The van der Waals surface area contributed by atoms with Gasteiger partial charge in [-0.25, -0.2) is 4.98 Å². The number of nitrogens with two attached hydrogens (primary N) is 1. The number of carbonyl (C=O) groups excluding carboxylic acids is 2. The maximum absolute atomic E-state index is 12.0. The van der Waals surface area contributed by atoms with Gasteiger partial charge in [0.2, 0.25) is 0 Å². The van der Waals surface area contributed by atoms with E-state index in [9.17, 15) is 9.59 Å². The van der Waals surface area contributed by atoms with Crippen molar-refractivity contribution in [1.82, 2.24) is 4.98 Å². The van der Waals surface area contributed by atoms with Crippen LogP contribution < -0.4 is 11.1 Å². The number of benzene rings is 1. The van der Waals surface area contributed by atoms with Gasteiger partial charge in [-0.3, -0.25) is 9.59 Å². The summed E-state index contributed by atoms with van der Waals surface area (Å²) in [5, 5.41) is 5.28. The third kappa shape index (κ3) is 3.49. The highest BCUT2D eigenvalue weighted by molar-refractivity contribution is 7.09. The van der Waals surface area contributed by atoms with Gasteiger partial charge in [0.15, 0.2) is 5.78 Å². The minimum absolute atomic E-state index is 0.0417. The fourth-order valence-corrected chi connectivity index (χ4v) is 2.46. The first kappa shape index (κ1) is 14.4. The standard InChI is InChI=1S/C14H15N3O2S/c1-9(18)10-3-2-4-11(7-10)16-14(19)12-8-20-13(17-12)5-6-15/h2-4,7-8H,5-6,15H2,1H3,(H,16,19). The average molecular weight is 289 g/mol. The highest BCUT2D eigenvalue weighted by Gasteiger charge is 2.11. The summed E-state index contributed by atoms with van der Waals surface area (Å²) in [7, 11) is 0. The highest BCUT2D eigenvalue weighted by atomic mass is 32.1. The molecule has 0 fully saturated rings. The van der Waals surface area contributed by atoms with Gasteiger partial charge < -0.3 is 11.1 Å². The second-order valence-electron chi connectivity index (χ2n) is 4.26. The number of thiazole rings is 1. The lowest BCUT2D eigenvalue weighted by molar-refractivity contribution is 0.100. The highest BCUT2D eigenvalue weighted by Crippen LogP contribution is 2.15. The van der Waals surface area contributed by atoms with E-state index in [2.05, 4.69) is 10.3 Å². The SMILES string of the molecule is CC(=O)c1cccc(NC(=O)c2csc(CCN)n2)c1. The summed E-state index contributed by atoms with van der Waals surface area (Å²) >= 11 is 1.42. The van der Waals surface area contributed by atoms with E-state index in [1.807, 2.05) is 0 Å². The molecule has 0 saturated carbocycles. The van der Waals surface area contributed by atoms with Crippen LogP contribution in [0.5, 0.6) is 0 Å². The van der Waals surface area contributed by atoms with Crippen molar-refractivity contribution in [2.24, 2.45) is 5.73 Å². The van der Waals surface area contributed by atoms with Crippen LogP contribution in [0, 0.1) is 0 Å². The Balaban J connectivity index is 2.10. The Labute approximate surface area is 120 Å². The fourth-order valence-electron chi connectivity index (χ4n) is 1.66. The van der Waals surface area contributed by atoms with Crippen molar-refractivity contribution in [2.45, 2.75) is 13.3 Å². The topological polar surface area (TPSA) is 85.1 Å². The Kier molecular flexibility index (Phi) is 4.60. The van der Waals surface area contributed by atoms with Gasteiger partial charge in [0.05, 0.1) is 5.01 Å². The molecule has 0 aliphatic rings. The molecule has 1 amide bonds. The number of Topliss-reactive ketones (excluding diaryl/α,β-unsaturated/α-hetero) is 1. The zero-order chi connectivity index (χ0) is 14.5. The Hall–Kier alpha value is -2.05. The third-order valence-electron chi connectivity index (χ3n) is 2.67. The summed E-state index contributed by atoms with van der Waals surface area (Å²) in [4.78, 5) is 27.5. The second-order valence-corrected chi connectivity index (χ2v) is 5.20. The average Bonchev–Trinajstić information content (AvgIpc) is 2.88. The van der Waals surface area contributed by atoms with Crippen molar-refractivity contribution < 1.29 is 9.59 Å². The van der Waals surface area contributed by atoms with E-state index >= 15 is 0 Å². The largest absolute Gasteiger partial charge is 0.330 e. The molecule has 6 heteroatoms. The van der Waals surface area contributed by atoms with Gasteiger partial charge in [0.1, 0.15) is 5.69 Å². The molecule has 0 unspecified atom stereocenters. The number of hydrogen-bond donors (Lipinski definition) is 2. The zero-order valence-corrected chi connectivity index (χ0v) is 11.9. The minimum atomic E-state index is -0.287. The molecule has 20 heavy (non-hydrogen) atoms. The summed E-state index contributed by atoms with van der Waals surface area (Å²) in [5.74, 6) is -0.329. The smallest absolute Gasteiger partial charge is 0.275 e. The monoisotopic (exact) mass is 289 g/mol. The van der Waals surface area contributed by atoms with E-state index in [0.717, 1.165) is 5.01 Å². The summed E-state index contributed by atoms with van der Waals surface area (Å²) in [6.45, 7) is 2.00. The Bertz CT molecular complexity index is 637. The van der Waals surface area contributed by atoms with Crippen LogP contribution in [-0.2, 0) is 6.42 Å². The molecule has 0 radical (unpaired) electrons. The van der Waals surface area contributed by atoms with Crippen molar-refractivity contribution >= 4 is 28.7 Å². The van der Waals surface area contributed by atoms with Crippen LogP contribution >= 0.6 is 11.3 Å². The van der Waals surface area contributed by atoms with Crippen LogP contribution in [0.15, 0.2) is 29.6 Å². The van der Waals surface area contributed by atoms with E-state index in [0.29, 0.717) is 29.9 Å². The molecule has 1 aromatic heterocycles. The minimum Gasteiger partial charge on any atom is -0.330 e. The second kappa shape index (κ2) is 6.40. The summed E-state index contributed by atoms with van der Waals surface area (Å²) in [5.41, 5.74) is 6.96. The van der Waals surface area contributed by atoms with Crippen molar-refractivity contribution in [3.8, 4) is 0 Å². The number of nitrogens with zero attached hydrogens (tertiary/aromatic N) is 1. The molecule has 1 aromatic carbocycles. The molecule has 0 spiro atoms. The number of rotatable bonds is 5. The van der Waals surface area contributed by atoms with Crippen molar-refractivity contribution in [2.75, 3.05) is 11.9 Å². The molecule has 1 heterocycles. The summed E-state index contributed by atoms with van der Waals surface area (Å²) in [6, 6.07) is 6.82. The van der Waals surface area contributed by atoms with Crippen molar-refractivity contribution in [3.63, 3.8) is 0 Å². The molecule has 0 bridgehead atoms. The number of hydrogen-bond acceptors (Lipinski definition) is 5.